The zero-order valence-electron chi connectivity index (χ0n) is 18.7. The van der Waals surface area contributed by atoms with Crippen LogP contribution in [0.4, 0.5) is 5.69 Å². The summed E-state index contributed by atoms with van der Waals surface area (Å²) in [6, 6.07) is 33.2. The summed E-state index contributed by atoms with van der Waals surface area (Å²) in [5, 5.41) is 2.94. The summed E-state index contributed by atoms with van der Waals surface area (Å²) in [4.78, 5) is 12.8. The van der Waals surface area contributed by atoms with Crippen LogP contribution in [0.2, 0.25) is 0 Å². The van der Waals surface area contributed by atoms with Crippen LogP contribution in [0.3, 0.4) is 0 Å². The summed E-state index contributed by atoms with van der Waals surface area (Å²) in [5.41, 5.74) is 3.67. The Kier molecular flexibility index (Phi) is 8.36. The summed E-state index contributed by atoms with van der Waals surface area (Å²) in [5.74, 6) is 1.23. The van der Waals surface area contributed by atoms with Gasteiger partial charge in [0.1, 0.15) is 11.5 Å². The van der Waals surface area contributed by atoms with Crippen LogP contribution >= 0.6 is 15.9 Å². The lowest BCUT2D eigenvalue weighted by atomic mass is 10.1. The Hall–Kier alpha value is -3.57. The summed E-state index contributed by atoms with van der Waals surface area (Å²) < 4.78 is 12.5. The van der Waals surface area contributed by atoms with Crippen molar-refractivity contribution in [3.8, 4) is 11.5 Å². The topological polar surface area (TPSA) is 47.6 Å². The number of rotatable bonds is 10. The van der Waals surface area contributed by atoms with E-state index in [0.717, 1.165) is 23.1 Å². The molecule has 0 aliphatic heterocycles. The molecule has 34 heavy (non-hydrogen) atoms. The first kappa shape index (κ1) is 23.6. The van der Waals surface area contributed by atoms with Crippen molar-refractivity contribution < 1.29 is 14.3 Å². The minimum Gasteiger partial charge on any atom is -0.493 e. The third kappa shape index (κ3) is 6.96. The van der Waals surface area contributed by atoms with E-state index in [0.29, 0.717) is 30.2 Å². The predicted octanol–water partition coefficient (Wildman–Crippen LogP) is 6.94. The number of ether oxygens (including phenoxy) is 2. The molecule has 4 nitrogen and oxygen atoms in total. The second-order valence-corrected chi connectivity index (χ2v) is 8.65. The standard InChI is InChI=1S/C29H26BrNO3/c30-27-20-24(14-15-28(27)34-19-17-23-10-5-2-6-11-23)29(32)31-25-12-7-13-26(21-25)33-18-16-22-8-3-1-4-9-22/h1-15,20-21H,16-19H2,(H,31,32). The Morgan fingerprint density at radius 2 is 1.35 bits per heavy atom. The van der Waals surface area contributed by atoms with Crippen molar-refractivity contribution in [1.82, 2.24) is 0 Å². The SMILES string of the molecule is O=C(Nc1cccc(OCCc2ccccc2)c1)c1ccc(OCCc2ccccc2)c(Br)c1. The fourth-order valence-corrected chi connectivity index (χ4v) is 3.97. The van der Waals surface area contributed by atoms with Crippen molar-refractivity contribution in [3.63, 3.8) is 0 Å². The molecule has 0 radical (unpaired) electrons. The summed E-state index contributed by atoms with van der Waals surface area (Å²) >= 11 is 3.52. The fraction of sp³-hybridized carbons (Fsp3) is 0.138. The molecule has 0 atom stereocenters. The Bertz CT molecular complexity index is 1210. The highest BCUT2D eigenvalue weighted by atomic mass is 79.9. The molecule has 0 aliphatic rings. The number of amides is 1. The fourth-order valence-electron chi connectivity index (χ4n) is 3.48. The van der Waals surface area contributed by atoms with Gasteiger partial charge in [-0.3, -0.25) is 4.79 Å². The first-order valence-corrected chi connectivity index (χ1v) is 12.0. The molecule has 4 aromatic carbocycles. The third-order valence-electron chi connectivity index (χ3n) is 5.28. The van der Waals surface area contributed by atoms with E-state index in [-0.39, 0.29) is 5.91 Å². The van der Waals surface area contributed by atoms with Crippen LogP contribution < -0.4 is 14.8 Å². The second-order valence-electron chi connectivity index (χ2n) is 7.80. The zero-order chi connectivity index (χ0) is 23.6. The van der Waals surface area contributed by atoms with E-state index in [1.807, 2.05) is 66.7 Å². The zero-order valence-corrected chi connectivity index (χ0v) is 20.3. The van der Waals surface area contributed by atoms with Gasteiger partial charge in [-0.2, -0.15) is 0 Å². The average Bonchev–Trinajstić information content (AvgIpc) is 2.86. The van der Waals surface area contributed by atoms with Crippen molar-refractivity contribution in [3.05, 3.63) is 124 Å². The van der Waals surface area contributed by atoms with Gasteiger partial charge in [-0.25, -0.2) is 0 Å². The first-order chi connectivity index (χ1) is 16.7. The Labute approximate surface area is 208 Å². The van der Waals surface area contributed by atoms with Crippen molar-refractivity contribution in [2.75, 3.05) is 18.5 Å². The number of hydrogen-bond acceptors (Lipinski definition) is 3. The molecule has 1 N–H and O–H groups in total. The maximum Gasteiger partial charge on any atom is 0.255 e. The van der Waals surface area contributed by atoms with E-state index in [1.54, 1.807) is 12.1 Å². The van der Waals surface area contributed by atoms with Gasteiger partial charge >= 0.3 is 0 Å². The molecule has 0 aromatic heterocycles. The van der Waals surface area contributed by atoms with Gasteiger partial charge < -0.3 is 14.8 Å². The van der Waals surface area contributed by atoms with Crippen LogP contribution in [0.15, 0.2) is 108 Å². The number of carbonyl (C=O) groups excluding carboxylic acids is 1. The van der Waals surface area contributed by atoms with E-state index in [2.05, 4.69) is 45.5 Å². The average molecular weight is 516 g/mol. The molecule has 4 rings (SSSR count). The molecule has 172 valence electrons. The van der Waals surface area contributed by atoms with Crippen LogP contribution in [0, 0.1) is 0 Å². The highest BCUT2D eigenvalue weighted by molar-refractivity contribution is 9.10. The van der Waals surface area contributed by atoms with E-state index < -0.39 is 0 Å². The minimum absolute atomic E-state index is 0.196. The van der Waals surface area contributed by atoms with Crippen molar-refractivity contribution in [1.29, 1.82) is 0 Å². The molecule has 0 saturated heterocycles. The largest absolute Gasteiger partial charge is 0.493 e. The first-order valence-electron chi connectivity index (χ1n) is 11.2. The molecule has 0 aliphatic carbocycles. The Morgan fingerprint density at radius 1 is 0.706 bits per heavy atom. The number of benzene rings is 4. The predicted molar refractivity (Wildman–Crippen MR) is 140 cm³/mol. The van der Waals surface area contributed by atoms with Crippen LogP contribution in [-0.2, 0) is 12.8 Å². The highest BCUT2D eigenvalue weighted by Gasteiger charge is 2.10. The maximum absolute atomic E-state index is 12.8. The monoisotopic (exact) mass is 515 g/mol. The van der Waals surface area contributed by atoms with Crippen LogP contribution in [0.25, 0.3) is 0 Å². The molecule has 0 heterocycles. The van der Waals surface area contributed by atoms with E-state index in [4.69, 9.17) is 9.47 Å². The van der Waals surface area contributed by atoms with Crippen molar-refractivity contribution in [2.24, 2.45) is 0 Å². The van der Waals surface area contributed by atoms with E-state index in [9.17, 15) is 4.79 Å². The quantitative estimate of drug-likeness (QED) is 0.248. The van der Waals surface area contributed by atoms with Crippen LogP contribution in [-0.4, -0.2) is 19.1 Å². The number of nitrogens with one attached hydrogen (secondary N) is 1. The van der Waals surface area contributed by atoms with Gasteiger partial charge in [-0.1, -0.05) is 66.7 Å². The lowest BCUT2D eigenvalue weighted by molar-refractivity contribution is 0.102. The number of carbonyl (C=O) groups is 1. The third-order valence-corrected chi connectivity index (χ3v) is 5.90. The summed E-state index contributed by atoms with van der Waals surface area (Å²) in [7, 11) is 0. The van der Waals surface area contributed by atoms with Crippen molar-refractivity contribution in [2.45, 2.75) is 12.8 Å². The van der Waals surface area contributed by atoms with Crippen LogP contribution in [0.5, 0.6) is 11.5 Å². The van der Waals surface area contributed by atoms with Gasteiger partial charge in [0.15, 0.2) is 0 Å². The van der Waals surface area contributed by atoms with Gasteiger partial charge in [0.05, 0.1) is 17.7 Å². The normalized spacial score (nSPS) is 10.5. The number of anilines is 1. The molecule has 0 spiro atoms. The number of hydrogen-bond donors (Lipinski definition) is 1. The molecule has 0 saturated carbocycles. The molecule has 0 unspecified atom stereocenters. The lowest BCUT2D eigenvalue weighted by Gasteiger charge is -2.11. The summed E-state index contributed by atoms with van der Waals surface area (Å²) in [6.07, 6.45) is 1.64. The Balaban J connectivity index is 1.29. The van der Waals surface area contributed by atoms with Gasteiger partial charge in [0.25, 0.3) is 5.91 Å². The highest BCUT2D eigenvalue weighted by Crippen LogP contribution is 2.27. The second kappa shape index (κ2) is 12.1. The molecule has 1 amide bonds. The molecular formula is C29H26BrNO3. The maximum atomic E-state index is 12.8. The molecule has 4 aromatic rings. The van der Waals surface area contributed by atoms with Gasteiger partial charge in [-0.05, 0) is 57.4 Å². The smallest absolute Gasteiger partial charge is 0.255 e. The minimum atomic E-state index is -0.196. The van der Waals surface area contributed by atoms with Gasteiger partial charge in [-0.15, -0.1) is 0 Å². The van der Waals surface area contributed by atoms with E-state index >= 15 is 0 Å². The number of halogens is 1. The molecule has 0 fully saturated rings. The van der Waals surface area contributed by atoms with Gasteiger partial charge in [0, 0.05) is 30.2 Å². The molecule has 5 heteroatoms. The van der Waals surface area contributed by atoms with Gasteiger partial charge in [0.2, 0.25) is 0 Å². The van der Waals surface area contributed by atoms with E-state index in [1.165, 1.54) is 11.1 Å². The summed E-state index contributed by atoms with van der Waals surface area (Å²) in [6.45, 7) is 1.13. The Morgan fingerprint density at radius 3 is 2.00 bits per heavy atom. The molecule has 0 bridgehead atoms. The van der Waals surface area contributed by atoms with Crippen molar-refractivity contribution >= 4 is 27.5 Å². The molecular weight excluding hydrogens is 490 g/mol. The lowest BCUT2D eigenvalue weighted by Crippen LogP contribution is -2.12. The van der Waals surface area contributed by atoms with Crippen LogP contribution in [0.1, 0.15) is 21.5 Å².